The lowest BCUT2D eigenvalue weighted by Gasteiger charge is -2.50. The number of hydrogen-bond donors (Lipinski definition) is 4. The van der Waals surface area contributed by atoms with Gasteiger partial charge in [0.05, 0.1) is 6.61 Å². The second-order valence-electron chi connectivity index (χ2n) is 6.24. The number of thiazole rings is 1. The molecular formula is C18H19N5O6S2. The summed E-state index contributed by atoms with van der Waals surface area (Å²) in [7, 11) is 0. The maximum absolute atomic E-state index is 12.8. The standard InChI is InChI=1S/C18H19N5O6S2/c1-2-29-22-11(10-8-31-18(19)20-10)14(25)21-12-15(26)23-13(17(27)28)9(5-3-4-6-24)7-30-16(12)23/h7-8,12-13,16,24H,2,4,6H2,1H3,(H2,19,20)(H,21,25)(H,27,28)/b22-11-/t12-,13?,16-/m1/s1. The fourth-order valence-corrected chi connectivity index (χ4v) is 4.62. The number of nitrogens with zero attached hydrogens (tertiary/aromatic N) is 3. The minimum absolute atomic E-state index is 0.136. The van der Waals surface area contributed by atoms with Gasteiger partial charge in [-0.05, 0) is 12.3 Å². The minimum atomic E-state index is -1.26. The molecule has 1 fully saturated rings. The van der Waals surface area contributed by atoms with Gasteiger partial charge in [-0.15, -0.1) is 23.1 Å². The van der Waals surface area contributed by atoms with Crippen LogP contribution >= 0.6 is 23.1 Å². The molecule has 0 aliphatic carbocycles. The van der Waals surface area contributed by atoms with Crippen molar-refractivity contribution in [3.8, 4) is 11.8 Å². The molecule has 1 aromatic heterocycles. The van der Waals surface area contributed by atoms with E-state index in [0.29, 0.717) is 0 Å². The van der Waals surface area contributed by atoms with Crippen molar-refractivity contribution in [3.05, 3.63) is 22.1 Å². The Morgan fingerprint density at radius 2 is 2.26 bits per heavy atom. The van der Waals surface area contributed by atoms with E-state index >= 15 is 0 Å². The highest BCUT2D eigenvalue weighted by atomic mass is 32.2. The van der Waals surface area contributed by atoms with Gasteiger partial charge in [-0.3, -0.25) is 9.59 Å². The average molecular weight is 466 g/mol. The molecule has 3 heterocycles. The molecule has 0 radical (unpaired) electrons. The molecular weight excluding hydrogens is 446 g/mol. The zero-order chi connectivity index (χ0) is 22.5. The van der Waals surface area contributed by atoms with Gasteiger partial charge in [0.15, 0.2) is 16.9 Å². The van der Waals surface area contributed by atoms with Crippen molar-refractivity contribution in [1.82, 2.24) is 15.2 Å². The number of oxime groups is 1. The first-order chi connectivity index (χ1) is 14.9. The molecule has 1 saturated heterocycles. The van der Waals surface area contributed by atoms with Crippen LogP contribution in [0.2, 0.25) is 0 Å². The van der Waals surface area contributed by atoms with Gasteiger partial charge in [-0.1, -0.05) is 17.0 Å². The molecule has 0 spiro atoms. The molecule has 2 aliphatic heterocycles. The van der Waals surface area contributed by atoms with E-state index < -0.39 is 35.2 Å². The normalized spacial score (nSPS) is 22.5. The van der Waals surface area contributed by atoms with Crippen molar-refractivity contribution in [2.75, 3.05) is 18.9 Å². The van der Waals surface area contributed by atoms with Crippen LogP contribution in [0.25, 0.3) is 0 Å². The van der Waals surface area contributed by atoms with Crippen LogP contribution in [0, 0.1) is 11.8 Å². The van der Waals surface area contributed by atoms with Crippen LogP contribution in [-0.2, 0) is 19.2 Å². The Labute approximate surface area is 185 Å². The molecule has 0 aromatic carbocycles. The number of nitrogens with one attached hydrogen (secondary N) is 1. The number of aliphatic carboxylic acids is 1. The summed E-state index contributed by atoms with van der Waals surface area (Å²) in [5.41, 5.74) is 5.94. The van der Waals surface area contributed by atoms with Gasteiger partial charge in [0.25, 0.3) is 5.91 Å². The maximum atomic E-state index is 12.8. The van der Waals surface area contributed by atoms with E-state index in [1.165, 1.54) is 22.0 Å². The number of nitrogens with two attached hydrogens (primary N) is 1. The number of β-lactam (4-membered cyclic amide) rings is 1. The Morgan fingerprint density at radius 3 is 2.87 bits per heavy atom. The second kappa shape index (κ2) is 9.82. The number of aliphatic hydroxyl groups is 1. The highest BCUT2D eigenvalue weighted by molar-refractivity contribution is 8.03. The quantitative estimate of drug-likeness (QED) is 0.181. The number of carbonyl (C=O) groups is 3. The van der Waals surface area contributed by atoms with E-state index in [1.54, 1.807) is 12.3 Å². The first-order valence-corrected chi connectivity index (χ1v) is 10.9. The topological polar surface area (TPSA) is 167 Å². The summed E-state index contributed by atoms with van der Waals surface area (Å²) >= 11 is 2.30. The number of carbonyl (C=O) groups excluding carboxylic acids is 2. The number of amides is 2. The second-order valence-corrected chi connectivity index (χ2v) is 8.12. The van der Waals surface area contributed by atoms with E-state index in [2.05, 4.69) is 27.3 Å². The van der Waals surface area contributed by atoms with Crippen LogP contribution in [0.15, 0.2) is 21.5 Å². The molecule has 0 saturated carbocycles. The summed E-state index contributed by atoms with van der Waals surface area (Å²) in [6.07, 6.45) is 0.188. The summed E-state index contributed by atoms with van der Waals surface area (Å²) in [6, 6.07) is -2.21. The number of rotatable bonds is 7. The number of nitrogen functional groups attached to an aromatic ring is 1. The van der Waals surface area contributed by atoms with Gasteiger partial charge in [0.2, 0.25) is 5.91 Å². The highest BCUT2D eigenvalue weighted by Gasteiger charge is 2.56. The molecule has 3 rings (SSSR count). The monoisotopic (exact) mass is 465 g/mol. The zero-order valence-corrected chi connectivity index (χ0v) is 17.9. The molecule has 3 atom stereocenters. The van der Waals surface area contributed by atoms with Crippen molar-refractivity contribution < 1.29 is 29.4 Å². The van der Waals surface area contributed by atoms with E-state index in [1.807, 2.05) is 0 Å². The first kappa shape index (κ1) is 22.6. The van der Waals surface area contributed by atoms with Crippen molar-refractivity contribution >= 4 is 51.7 Å². The number of fused-ring (bicyclic) bond motifs is 1. The summed E-state index contributed by atoms with van der Waals surface area (Å²) in [6.45, 7) is 1.76. The first-order valence-electron chi connectivity index (χ1n) is 9.11. The Hall–Kier alpha value is -3.08. The van der Waals surface area contributed by atoms with Crippen LogP contribution in [0.1, 0.15) is 19.0 Å². The van der Waals surface area contributed by atoms with Crippen LogP contribution in [0.4, 0.5) is 5.13 Å². The molecule has 2 aliphatic rings. The zero-order valence-electron chi connectivity index (χ0n) is 16.3. The predicted molar refractivity (Wildman–Crippen MR) is 114 cm³/mol. The molecule has 5 N–H and O–H groups in total. The maximum Gasteiger partial charge on any atom is 0.331 e. The Bertz CT molecular complexity index is 1010. The van der Waals surface area contributed by atoms with Gasteiger partial charge < -0.3 is 31.0 Å². The van der Waals surface area contributed by atoms with Crippen molar-refractivity contribution in [3.63, 3.8) is 0 Å². The van der Waals surface area contributed by atoms with E-state index in [0.717, 1.165) is 11.3 Å². The Kier molecular flexibility index (Phi) is 7.16. The van der Waals surface area contributed by atoms with E-state index in [-0.39, 0.29) is 41.7 Å². The number of thioether (sulfide) groups is 1. The predicted octanol–water partition coefficient (Wildman–Crippen LogP) is -0.411. The van der Waals surface area contributed by atoms with Crippen LogP contribution in [0.3, 0.4) is 0 Å². The lowest BCUT2D eigenvalue weighted by Crippen LogP contribution is -2.74. The SMILES string of the molecule is CCO/N=C(\C(=O)N[C@@H]1C(=O)N2C(C(=O)O)C(C#CCCO)=CS[C@H]12)c1csc(N)n1. The summed E-state index contributed by atoms with van der Waals surface area (Å²) in [4.78, 5) is 47.4. The number of aliphatic hydroxyl groups excluding tert-OH is 1. The third kappa shape index (κ3) is 4.66. The lowest BCUT2D eigenvalue weighted by atomic mass is 9.98. The van der Waals surface area contributed by atoms with Crippen molar-refractivity contribution in [2.24, 2.45) is 5.16 Å². The van der Waals surface area contributed by atoms with Crippen LogP contribution in [-0.4, -0.2) is 74.3 Å². The average Bonchev–Trinajstić information content (AvgIpc) is 3.17. The largest absolute Gasteiger partial charge is 0.479 e. The van der Waals surface area contributed by atoms with Gasteiger partial charge in [0, 0.05) is 17.4 Å². The molecule has 2 amide bonds. The fourth-order valence-electron chi connectivity index (χ4n) is 2.90. The molecule has 11 nitrogen and oxygen atoms in total. The summed E-state index contributed by atoms with van der Waals surface area (Å²) < 4.78 is 0. The molecule has 1 unspecified atom stereocenters. The highest BCUT2D eigenvalue weighted by Crippen LogP contribution is 2.39. The number of hydrogen-bond acceptors (Lipinski definition) is 10. The van der Waals surface area contributed by atoms with Gasteiger partial charge in [-0.2, -0.15) is 0 Å². The molecule has 0 bridgehead atoms. The molecule has 31 heavy (non-hydrogen) atoms. The van der Waals surface area contributed by atoms with Gasteiger partial charge in [0.1, 0.15) is 23.7 Å². The summed E-state index contributed by atoms with van der Waals surface area (Å²) in [5.74, 6) is 2.88. The third-order valence-electron chi connectivity index (χ3n) is 4.24. The third-order valence-corrected chi connectivity index (χ3v) is 6.08. The van der Waals surface area contributed by atoms with Crippen LogP contribution in [0.5, 0.6) is 0 Å². The van der Waals surface area contributed by atoms with E-state index in [9.17, 15) is 19.5 Å². The minimum Gasteiger partial charge on any atom is -0.479 e. The van der Waals surface area contributed by atoms with Crippen LogP contribution < -0.4 is 11.1 Å². The Balaban J connectivity index is 1.78. The van der Waals surface area contributed by atoms with Gasteiger partial charge in [-0.25, -0.2) is 9.78 Å². The molecule has 164 valence electrons. The van der Waals surface area contributed by atoms with Crippen molar-refractivity contribution in [2.45, 2.75) is 30.8 Å². The summed E-state index contributed by atoms with van der Waals surface area (Å²) in [5, 5.41) is 27.5. The lowest BCUT2D eigenvalue weighted by molar-refractivity contribution is -0.159. The van der Waals surface area contributed by atoms with E-state index in [4.69, 9.17) is 15.7 Å². The fraction of sp³-hybridized carbons (Fsp3) is 0.389. The molecule has 13 heteroatoms. The molecule has 1 aromatic rings. The van der Waals surface area contributed by atoms with Gasteiger partial charge >= 0.3 is 5.97 Å². The number of carboxylic acid groups (broad SMARTS) is 1. The number of aromatic nitrogens is 1. The Morgan fingerprint density at radius 1 is 1.48 bits per heavy atom. The number of carboxylic acids is 1. The smallest absolute Gasteiger partial charge is 0.331 e. The number of anilines is 1. The van der Waals surface area contributed by atoms with Crippen molar-refractivity contribution in [1.29, 1.82) is 0 Å².